The second-order valence-corrected chi connectivity index (χ2v) is 7.14. The van der Waals surface area contributed by atoms with Gasteiger partial charge in [0.15, 0.2) is 0 Å². The standard InChI is InChI=1S/C18H30/c1-9-15(3)11-12-16(10-2)13-18(7,8)14-17(4,5)6/h9-12H,1-2,13-14H2,3-8H3/b15-11+,16-12+. The van der Waals surface area contributed by atoms with E-state index in [1.807, 2.05) is 12.2 Å². The number of hydrogen-bond donors (Lipinski definition) is 0. The van der Waals surface area contributed by atoms with Crippen molar-refractivity contribution in [3.8, 4) is 0 Å². The quantitative estimate of drug-likeness (QED) is 0.498. The summed E-state index contributed by atoms with van der Waals surface area (Å²) in [4.78, 5) is 0. The lowest BCUT2D eigenvalue weighted by Gasteiger charge is -2.32. The number of hydrogen-bond acceptors (Lipinski definition) is 0. The van der Waals surface area contributed by atoms with E-state index in [0.717, 1.165) is 6.42 Å². The highest BCUT2D eigenvalue weighted by Gasteiger charge is 2.25. The molecule has 0 N–H and O–H groups in total. The molecule has 0 nitrogen and oxygen atoms in total. The molecule has 0 aromatic heterocycles. The molecule has 0 radical (unpaired) electrons. The van der Waals surface area contributed by atoms with E-state index in [0.29, 0.717) is 10.8 Å². The molecular formula is C18H30. The Labute approximate surface area is 114 Å². The highest BCUT2D eigenvalue weighted by molar-refractivity contribution is 5.28. The van der Waals surface area contributed by atoms with Crippen LogP contribution in [-0.4, -0.2) is 0 Å². The molecule has 18 heavy (non-hydrogen) atoms. The first-order chi connectivity index (χ1) is 8.09. The van der Waals surface area contributed by atoms with Gasteiger partial charge in [-0.2, -0.15) is 0 Å². The highest BCUT2D eigenvalue weighted by atomic mass is 14.3. The van der Waals surface area contributed by atoms with E-state index < -0.39 is 0 Å². The third-order valence-corrected chi connectivity index (χ3v) is 2.84. The zero-order valence-electron chi connectivity index (χ0n) is 13.1. The molecule has 0 amide bonds. The Morgan fingerprint density at radius 3 is 1.89 bits per heavy atom. The summed E-state index contributed by atoms with van der Waals surface area (Å²) >= 11 is 0. The minimum absolute atomic E-state index is 0.300. The van der Waals surface area contributed by atoms with Crippen LogP contribution in [0.3, 0.4) is 0 Å². The van der Waals surface area contributed by atoms with E-state index in [1.54, 1.807) is 0 Å². The minimum atomic E-state index is 0.300. The average Bonchev–Trinajstić information content (AvgIpc) is 2.19. The van der Waals surface area contributed by atoms with Crippen molar-refractivity contribution in [2.75, 3.05) is 0 Å². The van der Waals surface area contributed by atoms with Crippen molar-refractivity contribution in [2.45, 2.75) is 54.4 Å². The third-order valence-electron chi connectivity index (χ3n) is 2.84. The molecule has 0 aromatic carbocycles. The van der Waals surface area contributed by atoms with Crippen LogP contribution in [0.2, 0.25) is 0 Å². The summed E-state index contributed by atoms with van der Waals surface area (Å²) in [6.45, 7) is 21.3. The van der Waals surface area contributed by atoms with E-state index in [-0.39, 0.29) is 0 Å². The molecule has 0 atom stereocenters. The normalized spacial score (nSPS) is 14.6. The Hall–Kier alpha value is -1.04. The Morgan fingerprint density at radius 2 is 1.50 bits per heavy atom. The Bertz CT molecular complexity index is 343. The molecule has 0 aliphatic heterocycles. The molecule has 0 fully saturated rings. The van der Waals surface area contributed by atoms with Crippen LogP contribution in [0.15, 0.2) is 48.6 Å². The lowest BCUT2D eigenvalue weighted by Crippen LogP contribution is -2.21. The minimum Gasteiger partial charge on any atom is -0.0988 e. The van der Waals surface area contributed by atoms with Crippen LogP contribution < -0.4 is 0 Å². The van der Waals surface area contributed by atoms with Crippen molar-refractivity contribution in [1.82, 2.24) is 0 Å². The van der Waals surface area contributed by atoms with Gasteiger partial charge in [0.1, 0.15) is 0 Å². The highest BCUT2D eigenvalue weighted by Crippen LogP contribution is 2.37. The lowest BCUT2D eigenvalue weighted by molar-refractivity contribution is 0.212. The van der Waals surface area contributed by atoms with Crippen LogP contribution in [0.5, 0.6) is 0 Å². The summed E-state index contributed by atoms with van der Waals surface area (Å²) in [6.07, 6.45) is 10.4. The van der Waals surface area contributed by atoms with Gasteiger partial charge in [0.25, 0.3) is 0 Å². The summed E-state index contributed by atoms with van der Waals surface area (Å²) in [5, 5.41) is 0. The van der Waals surface area contributed by atoms with Crippen molar-refractivity contribution >= 4 is 0 Å². The van der Waals surface area contributed by atoms with Gasteiger partial charge >= 0.3 is 0 Å². The zero-order chi connectivity index (χ0) is 14.4. The van der Waals surface area contributed by atoms with Gasteiger partial charge in [-0.3, -0.25) is 0 Å². The summed E-state index contributed by atoms with van der Waals surface area (Å²) in [5.74, 6) is 0. The second kappa shape index (κ2) is 6.78. The molecular weight excluding hydrogens is 216 g/mol. The summed E-state index contributed by atoms with van der Waals surface area (Å²) < 4.78 is 0. The van der Waals surface area contributed by atoms with Gasteiger partial charge in [-0.1, -0.05) is 77.7 Å². The predicted octanol–water partition coefficient (Wildman–Crippen LogP) is 6.08. The lowest BCUT2D eigenvalue weighted by atomic mass is 9.73. The molecule has 0 spiro atoms. The fraction of sp³-hybridized carbons (Fsp3) is 0.556. The van der Waals surface area contributed by atoms with Gasteiger partial charge in [0.2, 0.25) is 0 Å². The maximum atomic E-state index is 3.92. The third kappa shape index (κ3) is 8.11. The molecule has 0 saturated heterocycles. The largest absolute Gasteiger partial charge is 0.0988 e. The molecule has 0 heterocycles. The molecule has 0 heteroatoms. The summed E-state index contributed by atoms with van der Waals surface area (Å²) in [6, 6.07) is 0. The van der Waals surface area contributed by atoms with Gasteiger partial charge in [0, 0.05) is 0 Å². The fourth-order valence-corrected chi connectivity index (χ4v) is 2.56. The van der Waals surface area contributed by atoms with Crippen molar-refractivity contribution in [3.05, 3.63) is 48.6 Å². The maximum Gasteiger partial charge on any atom is -0.0227 e. The van der Waals surface area contributed by atoms with Crippen LogP contribution in [0.1, 0.15) is 54.4 Å². The van der Waals surface area contributed by atoms with E-state index in [1.165, 1.54) is 17.6 Å². The summed E-state index contributed by atoms with van der Waals surface area (Å²) in [7, 11) is 0. The molecule has 0 rings (SSSR count). The SMILES string of the molecule is C=C/C(=C\C=C(/C)C=C)CC(C)(C)CC(C)(C)C. The van der Waals surface area contributed by atoms with E-state index in [4.69, 9.17) is 0 Å². The zero-order valence-corrected chi connectivity index (χ0v) is 13.1. The van der Waals surface area contributed by atoms with Crippen molar-refractivity contribution in [1.29, 1.82) is 0 Å². The van der Waals surface area contributed by atoms with Gasteiger partial charge in [0.05, 0.1) is 0 Å². The van der Waals surface area contributed by atoms with Gasteiger partial charge in [-0.25, -0.2) is 0 Å². The topological polar surface area (TPSA) is 0 Å². The Morgan fingerprint density at radius 1 is 0.944 bits per heavy atom. The molecule has 0 aliphatic rings. The first-order valence-electron chi connectivity index (χ1n) is 6.72. The number of allylic oxidation sites excluding steroid dienone is 6. The van der Waals surface area contributed by atoms with Crippen molar-refractivity contribution < 1.29 is 0 Å². The van der Waals surface area contributed by atoms with Gasteiger partial charge in [-0.15, -0.1) is 0 Å². The molecule has 0 bridgehead atoms. The van der Waals surface area contributed by atoms with E-state index in [2.05, 4.69) is 66.9 Å². The van der Waals surface area contributed by atoms with Crippen LogP contribution in [0.4, 0.5) is 0 Å². The smallest absolute Gasteiger partial charge is 0.0227 e. The molecule has 0 saturated carbocycles. The van der Waals surface area contributed by atoms with Crippen molar-refractivity contribution in [2.24, 2.45) is 10.8 Å². The Kier molecular flexibility index (Phi) is 6.38. The van der Waals surface area contributed by atoms with Crippen LogP contribution in [0.25, 0.3) is 0 Å². The maximum absolute atomic E-state index is 3.92. The number of rotatable bonds is 6. The molecule has 0 aliphatic carbocycles. The van der Waals surface area contributed by atoms with Crippen LogP contribution >= 0.6 is 0 Å². The summed E-state index contributed by atoms with van der Waals surface area (Å²) in [5.41, 5.74) is 3.14. The van der Waals surface area contributed by atoms with E-state index in [9.17, 15) is 0 Å². The second-order valence-electron chi connectivity index (χ2n) is 7.14. The van der Waals surface area contributed by atoms with Gasteiger partial charge in [-0.05, 0) is 36.2 Å². The molecule has 0 unspecified atom stereocenters. The van der Waals surface area contributed by atoms with Gasteiger partial charge < -0.3 is 0 Å². The fourth-order valence-electron chi connectivity index (χ4n) is 2.56. The Balaban J connectivity index is 4.82. The molecule has 102 valence electrons. The van der Waals surface area contributed by atoms with Crippen molar-refractivity contribution in [3.63, 3.8) is 0 Å². The predicted molar refractivity (Wildman–Crippen MR) is 84.7 cm³/mol. The average molecular weight is 246 g/mol. The first-order valence-corrected chi connectivity index (χ1v) is 6.72. The first kappa shape index (κ1) is 17.0. The van der Waals surface area contributed by atoms with Crippen LogP contribution in [0, 0.1) is 10.8 Å². The van der Waals surface area contributed by atoms with E-state index >= 15 is 0 Å². The monoisotopic (exact) mass is 246 g/mol. The van der Waals surface area contributed by atoms with Crippen LogP contribution in [-0.2, 0) is 0 Å². The molecule has 0 aromatic rings.